The SMILES string of the molecule is CCCCC1(CC)CN(c2ccccc2)c2cc(SC)c(OS(=O)(=O)C(F)(F)F)cc2S(O)(O)N1Cc1ccc(OC)cc1. The summed E-state index contributed by atoms with van der Waals surface area (Å²) in [5, 5.41) is 0. The van der Waals surface area contributed by atoms with Crippen LogP contribution in [0.25, 0.3) is 0 Å². The van der Waals surface area contributed by atoms with Crippen LogP contribution in [0.15, 0.2) is 76.5 Å². The van der Waals surface area contributed by atoms with Crippen molar-refractivity contribution >= 4 is 44.0 Å². The Morgan fingerprint density at radius 1 is 1.05 bits per heavy atom. The van der Waals surface area contributed by atoms with Gasteiger partial charge < -0.3 is 13.8 Å². The lowest BCUT2D eigenvalue weighted by Crippen LogP contribution is -2.53. The number of methoxy groups -OCH3 is 1. The molecule has 8 nitrogen and oxygen atoms in total. The summed E-state index contributed by atoms with van der Waals surface area (Å²) in [7, 11) is -8.46. The molecule has 1 heterocycles. The maximum atomic E-state index is 13.4. The van der Waals surface area contributed by atoms with E-state index in [0.29, 0.717) is 30.8 Å². The Hall–Kier alpha value is -2.62. The lowest BCUT2D eigenvalue weighted by atomic mass is 9.88. The van der Waals surface area contributed by atoms with Crippen molar-refractivity contribution in [1.82, 2.24) is 4.31 Å². The monoisotopic (exact) mass is 674 g/mol. The molecule has 1 aliphatic heterocycles. The summed E-state index contributed by atoms with van der Waals surface area (Å²) in [5.41, 5.74) is -4.67. The van der Waals surface area contributed by atoms with Crippen molar-refractivity contribution in [3.8, 4) is 11.5 Å². The highest BCUT2D eigenvalue weighted by molar-refractivity contribution is 8.22. The second kappa shape index (κ2) is 13.4. The minimum atomic E-state index is -6.04. The van der Waals surface area contributed by atoms with Crippen molar-refractivity contribution in [2.45, 2.75) is 66.9 Å². The van der Waals surface area contributed by atoms with Gasteiger partial charge in [-0.25, -0.2) is 0 Å². The van der Waals surface area contributed by atoms with Crippen molar-refractivity contribution in [3.05, 3.63) is 72.3 Å². The van der Waals surface area contributed by atoms with Crippen LogP contribution in [-0.2, 0) is 16.7 Å². The van der Waals surface area contributed by atoms with E-state index in [1.54, 1.807) is 29.8 Å². The fourth-order valence-electron chi connectivity index (χ4n) is 5.37. The molecule has 3 aromatic carbocycles. The van der Waals surface area contributed by atoms with Gasteiger partial charge in [-0.2, -0.15) is 25.9 Å². The van der Waals surface area contributed by atoms with E-state index < -0.39 is 37.7 Å². The summed E-state index contributed by atoms with van der Waals surface area (Å²) < 4.78 is 100. The van der Waals surface area contributed by atoms with Gasteiger partial charge in [0.25, 0.3) is 0 Å². The number of nitrogens with zero attached hydrogens (tertiary/aromatic N) is 2. The van der Waals surface area contributed by atoms with Crippen LogP contribution >= 0.6 is 22.5 Å². The van der Waals surface area contributed by atoms with Crippen molar-refractivity contribution in [2.75, 3.05) is 24.8 Å². The summed E-state index contributed by atoms with van der Waals surface area (Å²) in [6.45, 7) is 4.43. The Balaban J connectivity index is 2.01. The Morgan fingerprint density at radius 3 is 2.25 bits per heavy atom. The van der Waals surface area contributed by atoms with Gasteiger partial charge in [0, 0.05) is 24.8 Å². The molecule has 0 saturated carbocycles. The molecule has 4 rings (SSSR count). The first kappa shape index (κ1) is 34.3. The van der Waals surface area contributed by atoms with E-state index >= 15 is 0 Å². The first-order valence-corrected chi connectivity index (χ1v) is 18.1. The van der Waals surface area contributed by atoms with E-state index in [1.807, 2.05) is 61.2 Å². The first-order valence-electron chi connectivity index (χ1n) is 14.0. The highest BCUT2D eigenvalue weighted by Gasteiger charge is 2.51. The molecule has 3 aromatic rings. The molecule has 2 N–H and O–H groups in total. The molecule has 1 atom stereocenters. The normalized spacial score (nSPS) is 19.6. The van der Waals surface area contributed by atoms with Crippen LogP contribution in [-0.4, -0.2) is 52.8 Å². The van der Waals surface area contributed by atoms with Crippen LogP contribution < -0.4 is 13.8 Å². The average molecular weight is 675 g/mol. The zero-order chi connectivity index (χ0) is 32.3. The standard InChI is InChI=1S/C30H37F3N2O6S3/c1-5-7-17-29(6-2)21-34(23-11-9-8-10-12-23)25-18-27(42-4)26(41-44(38,39)30(31,32)33)19-28(25)43(36,37)35(29)20-22-13-15-24(40-3)16-14-22/h8-16,18-19,36-37H,5-7,17,20-21H2,1-4H3. The first-order chi connectivity index (χ1) is 20.7. The molecule has 242 valence electrons. The number of fused-ring (bicyclic) bond motifs is 1. The molecule has 0 aliphatic carbocycles. The number of anilines is 2. The fourth-order valence-corrected chi connectivity index (χ4v) is 8.52. The lowest BCUT2D eigenvalue weighted by molar-refractivity contribution is -0.0500. The van der Waals surface area contributed by atoms with Crippen LogP contribution in [0.5, 0.6) is 11.5 Å². The molecule has 1 unspecified atom stereocenters. The number of ether oxygens (including phenoxy) is 1. The number of para-hydroxylation sites is 1. The molecule has 0 amide bonds. The average Bonchev–Trinajstić information content (AvgIpc) is 3.07. The van der Waals surface area contributed by atoms with E-state index in [4.69, 9.17) is 4.74 Å². The molecule has 0 fully saturated rings. The van der Waals surface area contributed by atoms with Gasteiger partial charge in [-0.15, -0.1) is 22.5 Å². The van der Waals surface area contributed by atoms with Crippen LogP contribution in [0.2, 0.25) is 0 Å². The topological polar surface area (TPSA) is 99.5 Å². The number of hydrogen-bond acceptors (Lipinski definition) is 9. The Labute approximate surface area is 262 Å². The molecule has 1 aliphatic rings. The summed E-state index contributed by atoms with van der Waals surface area (Å²) in [6.07, 6.45) is 4.29. The van der Waals surface area contributed by atoms with Crippen LogP contribution in [0.4, 0.5) is 24.5 Å². The number of halogens is 3. The van der Waals surface area contributed by atoms with E-state index in [9.17, 15) is 30.7 Å². The largest absolute Gasteiger partial charge is 0.534 e. The van der Waals surface area contributed by atoms with Gasteiger partial charge >= 0.3 is 15.6 Å². The van der Waals surface area contributed by atoms with E-state index in [2.05, 4.69) is 4.18 Å². The van der Waals surface area contributed by atoms with Crippen molar-refractivity contribution in [3.63, 3.8) is 0 Å². The smallest absolute Gasteiger partial charge is 0.497 e. The third-order valence-electron chi connectivity index (χ3n) is 7.81. The Kier molecular flexibility index (Phi) is 10.4. The van der Waals surface area contributed by atoms with Crippen LogP contribution in [0, 0.1) is 0 Å². The molecule has 44 heavy (non-hydrogen) atoms. The molecule has 0 radical (unpaired) electrons. The zero-order valence-corrected chi connectivity index (χ0v) is 27.3. The number of benzene rings is 3. The summed E-state index contributed by atoms with van der Waals surface area (Å²) >= 11 is 0.987. The Bertz CT molecular complexity index is 1540. The molecular formula is C30H37F3N2O6S3. The summed E-state index contributed by atoms with van der Waals surface area (Å²) in [5.74, 6) is -0.00895. The number of alkyl halides is 3. The van der Waals surface area contributed by atoms with Gasteiger partial charge in [0.2, 0.25) is 0 Å². The van der Waals surface area contributed by atoms with Gasteiger partial charge in [-0.1, -0.05) is 57.0 Å². The second-order valence-electron chi connectivity index (χ2n) is 10.5. The minimum Gasteiger partial charge on any atom is -0.497 e. The van der Waals surface area contributed by atoms with Crippen molar-refractivity contribution in [2.24, 2.45) is 0 Å². The molecule has 0 aromatic heterocycles. The molecule has 0 spiro atoms. The lowest BCUT2D eigenvalue weighted by Gasteiger charge is -2.52. The fraction of sp³-hybridized carbons (Fsp3) is 0.400. The maximum absolute atomic E-state index is 13.4. The van der Waals surface area contributed by atoms with Gasteiger partial charge in [0.1, 0.15) is 10.6 Å². The summed E-state index contributed by atoms with van der Waals surface area (Å²) in [6, 6.07) is 18.9. The van der Waals surface area contributed by atoms with Crippen molar-refractivity contribution in [1.29, 1.82) is 0 Å². The predicted molar refractivity (Wildman–Crippen MR) is 169 cm³/mol. The zero-order valence-electron chi connectivity index (χ0n) is 24.9. The third-order valence-corrected chi connectivity index (χ3v) is 11.6. The molecular weight excluding hydrogens is 638 g/mol. The predicted octanol–water partition coefficient (Wildman–Crippen LogP) is 8.66. The highest BCUT2D eigenvalue weighted by atomic mass is 32.3. The van der Waals surface area contributed by atoms with Crippen LogP contribution in [0.1, 0.15) is 45.1 Å². The number of unbranched alkanes of at least 4 members (excludes halogenated alkanes) is 1. The van der Waals surface area contributed by atoms with Gasteiger partial charge in [0.15, 0.2) is 5.75 Å². The summed E-state index contributed by atoms with van der Waals surface area (Å²) in [4.78, 5) is 1.89. The molecule has 14 heteroatoms. The van der Waals surface area contributed by atoms with Gasteiger partial charge in [-0.05, 0) is 55.0 Å². The minimum absolute atomic E-state index is 0.0898. The number of rotatable bonds is 11. The van der Waals surface area contributed by atoms with E-state index in [-0.39, 0.29) is 16.3 Å². The highest BCUT2D eigenvalue weighted by Crippen LogP contribution is 2.64. The van der Waals surface area contributed by atoms with Gasteiger partial charge in [-0.3, -0.25) is 9.11 Å². The Morgan fingerprint density at radius 2 is 1.70 bits per heavy atom. The quantitative estimate of drug-likeness (QED) is 0.118. The number of hydrogen-bond donors (Lipinski definition) is 2. The third kappa shape index (κ3) is 6.80. The maximum Gasteiger partial charge on any atom is 0.534 e. The second-order valence-corrected chi connectivity index (χ2v) is 14.8. The van der Waals surface area contributed by atoms with Crippen molar-refractivity contribution < 1.29 is 39.6 Å². The van der Waals surface area contributed by atoms with E-state index in [1.165, 1.54) is 6.07 Å². The molecule has 0 bridgehead atoms. The van der Waals surface area contributed by atoms with Crippen LogP contribution in [0.3, 0.4) is 0 Å². The molecule has 0 saturated heterocycles. The number of thioether (sulfide) groups is 1. The van der Waals surface area contributed by atoms with Gasteiger partial charge in [0.05, 0.1) is 23.2 Å². The van der Waals surface area contributed by atoms with E-state index in [0.717, 1.165) is 41.9 Å².